The molecule has 0 fully saturated rings. The number of nitrogens with zero attached hydrogens (tertiary/aromatic N) is 1. The van der Waals surface area contributed by atoms with E-state index < -0.39 is 11.9 Å². The van der Waals surface area contributed by atoms with Crippen LogP contribution in [0.5, 0.6) is 0 Å². The standard InChI is InChI=1S/C16H18FN3O3/c1-3-23-16(22)14-18-9-13(19-14)20-15(21)10(2)8-11-6-4-5-7-12(11)17/h4-7,9-10H,3,8H2,1-2H3,(H,18,19)(H,20,21)/t10-/m1/s1. The first-order valence-electron chi connectivity index (χ1n) is 7.27. The lowest BCUT2D eigenvalue weighted by molar-refractivity contribution is -0.119. The number of carbonyl (C=O) groups is 2. The predicted octanol–water partition coefficient (Wildman–Crippen LogP) is 2.54. The number of halogens is 1. The van der Waals surface area contributed by atoms with Crippen molar-refractivity contribution >= 4 is 17.7 Å². The van der Waals surface area contributed by atoms with E-state index in [1.54, 1.807) is 32.0 Å². The second-order valence-corrected chi connectivity index (χ2v) is 5.05. The van der Waals surface area contributed by atoms with Gasteiger partial charge in [-0.3, -0.25) is 4.79 Å². The summed E-state index contributed by atoms with van der Waals surface area (Å²) in [6, 6.07) is 6.34. The molecule has 0 saturated heterocycles. The second-order valence-electron chi connectivity index (χ2n) is 5.05. The molecule has 0 radical (unpaired) electrons. The molecule has 23 heavy (non-hydrogen) atoms. The minimum atomic E-state index is -0.590. The van der Waals surface area contributed by atoms with Crippen molar-refractivity contribution in [1.82, 2.24) is 9.97 Å². The van der Waals surface area contributed by atoms with Crippen molar-refractivity contribution < 1.29 is 18.7 Å². The van der Waals surface area contributed by atoms with Crippen molar-refractivity contribution in [3.8, 4) is 0 Å². The Morgan fingerprint density at radius 1 is 1.39 bits per heavy atom. The Kier molecular flexibility index (Phi) is 5.46. The summed E-state index contributed by atoms with van der Waals surface area (Å²) in [7, 11) is 0. The van der Waals surface area contributed by atoms with Gasteiger partial charge in [0.1, 0.15) is 11.6 Å². The van der Waals surface area contributed by atoms with E-state index in [0.29, 0.717) is 11.4 Å². The summed E-state index contributed by atoms with van der Waals surface area (Å²) in [5.74, 6) is -1.36. The van der Waals surface area contributed by atoms with E-state index in [1.165, 1.54) is 12.3 Å². The summed E-state index contributed by atoms with van der Waals surface area (Å²) in [6.45, 7) is 3.62. The summed E-state index contributed by atoms with van der Waals surface area (Å²) >= 11 is 0. The summed E-state index contributed by atoms with van der Waals surface area (Å²) < 4.78 is 18.4. The van der Waals surface area contributed by atoms with Crippen LogP contribution in [0.1, 0.15) is 30.0 Å². The molecule has 2 N–H and O–H groups in total. The lowest BCUT2D eigenvalue weighted by atomic mass is 10.00. The van der Waals surface area contributed by atoms with Crippen molar-refractivity contribution in [3.05, 3.63) is 47.7 Å². The average Bonchev–Trinajstić information content (AvgIpc) is 2.98. The molecular formula is C16H18FN3O3. The van der Waals surface area contributed by atoms with Crippen LogP contribution in [0.15, 0.2) is 30.5 Å². The van der Waals surface area contributed by atoms with Crippen LogP contribution in [0.4, 0.5) is 10.2 Å². The van der Waals surface area contributed by atoms with Crippen LogP contribution in [-0.2, 0) is 16.0 Å². The van der Waals surface area contributed by atoms with Gasteiger partial charge < -0.3 is 15.0 Å². The highest BCUT2D eigenvalue weighted by atomic mass is 19.1. The number of aromatic amines is 1. The number of hydrogen-bond donors (Lipinski definition) is 2. The number of H-pyrrole nitrogens is 1. The zero-order valence-corrected chi connectivity index (χ0v) is 12.9. The Morgan fingerprint density at radius 2 is 2.13 bits per heavy atom. The zero-order valence-electron chi connectivity index (χ0n) is 12.9. The van der Waals surface area contributed by atoms with E-state index in [9.17, 15) is 14.0 Å². The summed E-state index contributed by atoms with van der Waals surface area (Å²) in [5, 5.41) is 2.61. The summed E-state index contributed by atoms with van der Waals surface area (Å²) in [6.07, 6.45) is 1.61. The van der Waals surface area contributed by atoms with E-state index in [4.69, 9.17) is 4.74 Å². The molecule has 7 heteroatoms. The summed E-state index contributed by atoms with van der Waals surface area (Å²) in [5.41, 5.74) is 0.479. The Hall–Kier alpha value is -2.70. The number of amides is 1. The van der Waals surface area contributed by atoms with E-state index >= 15 is 0 Å². The third-order valence-electron chi connectivity index (χ3n) is 3.23. The molecule has 1 aromatic carbocycles. The number of imidazole rings is 1. The minimum absolute atomic E-state index is 0.0175. The van der Waals surface area contributed by atoms with Crippen molar-refractivity contribution in [2.24, 2.45) is 5.92 Å². The molecule has 0 unspecified atom stereocenters. The maximum Gasteiger partial charge on any atom is 0.374 e. The van der Waals surface area contributed by atoms with Crippen LogP contribution >= 0.6 is 0 Å². The lowest BCUT2D eigenvalue weighted by Gasteiger charge is -2.11. The van der Waals surface area contributed by atoms with E-state index in [2.05, 4.69) is 15.3 Å². The van der Waals surface area contributed by atoms with Gasteiger partial charge in [-0.15, -0.1) is 0 Å². The fourth-order valence-corrected chi connectivity index (χ4v) is 2.03. The quantitative estimate of drug-likeness (QED) is 0.801. The van der Waals surface area contributed by atoms with Gasteiger partial charge in [0.2, 0.25) is 11.7 Å². The van der Waals surface area contributed by atoms with Crippen molar-refractivity contribution in [2.75, 3.05) is 11.9 Å². The first-order chi connectivity index (χ1) is 11.0. The van der Waals surface area contributed by atoms with Gasteiger partial charge in [0.15, 0.2) is 0 Å². The monoisotopic (exact) mass is 319 g/mol. The smallest absolute Gasteiger partial charge is 0.374 e. The molecular weight excluding hydrogens is 301 g/mol. The van der Waals surface area contributed by atoms with Crippen molar-refractivity contribution in [3.63, 3.8) is 0 Å². The van der Waals surface area contributed by atoms with Gasteiger partial charge in [-0.25, -0.2) is 14.2 Å². The van der Waals surface area contributed by atoms with Gasteiger partial charge in [-0.1, -0.05) is 25.1 Å². The number of carbonyl (C=O) groups excluding carboxylic acids is 2. The third kappa shape index (κ3) is 4.38. The van der Waals surface area contributed by atoms with Gasteiger partial charge in [-0.05, 0) is 25.0 Å². The van der Waals surface area contributed by atoms with Crippen molar-refractivity contribution in [1.29, 1.82) is 0 Å². The highest BCUT2D eigenvalue weighted by molar-refractivity contribution is 5.92. The molecule has 1 heterocycles. The maximum absolute atomic E-state index is 13.6. The predicted molar refractivity (Wildman–Crippen MR) is 82.4 cm³/mol. The number of hydrogen-bond acceptors (Lipinski definition) is 4. The number of aromatic nitrogens is 2. The average molecular weight is 319 g/mol. The van der Waals surface area contributed by atoms with Gasteiger partial charge in [0.05, 0.1) is 12.8 Å². The highest BCUT2D eigenvalue weighted by Crippen LogP contribution is 2.14. The normalized spacial score (nSPS) is 11.8. The fourth-order valence-electron chi connectivity index (χ4n) is 2.03. The minimum Gasteiger partial charge on any atom is -0.460 e. The second kappa shape index (κ2) is 7.53. The molecule has 0 bridgehead atoms. The molecule has 1 aromatic heterocycles. The van der Waals surface area contributed by atoms with Crippen LogP contribution in [0.3, 0.4) is 0 Å². The number of benzene rings is 1. The first kappa shape index (κ1) is 16.7. The molecule has 6 nitrogen and oxygen atoms in total. The number of anilines is 1. The molecule has 2 rings (SSSR count). The number of nitrogens with one attached hydrogen (secondary N) is 2. The van der Waals surface area contributed by atoms with Gasteiger partial charge >= 0.3 is 5.97 Å². The Labute approximate surface area is 133 Å². The van der Waals surface area contributed by atoms with Crippen LogP contribution in [0.2, 0.25) is 0 Å². The SMILES string of the molecule is CCOC(=O)c1ncc(NC(=O)[C@H](C)Cc2ccccc2F)[nH]1. The highest BCUT2D eigenvalue weighted by Gasteiger charge is 2.17. The maximum atomic E-state index is 13.6. The number of ether oxygens (including phenoxy) is 1. The third-order valence-corrected chi connectivity index (χ3v) is 3.23. The van der Waals surface area contributed by atoms with E-state index in [-0.39, 0.29) is 30.6 Å². The molecule has 2 aromatic rings. The van der Waals surface area contributed by atoms with Crippen LogP contribution in [0.25, 0.3) is 0 Å². The molecule has 0 aliphatic carbocycles. The number of esters is 1. The van der Waals surface area contributed by atoms with Gasteiger partial charge in [0, 0.05) is 5.92 Å². The zero-order chi connectivity index (χ0) is 16.8. The molecule has 1 atom stereocenters. The van der Waals surface area contributed by atoms with Gasteiger partial charge in [-0.2, -0.15) is 0 Å². The molecule has 0 aliphatic rings. The Morgan fingerprint density at radius 3 is 2.83 bits per heavy atom. The largest absolute Gasteiger partial charge is 0.460 e. The van der Waals surface area contributed by atoms with E-state index in [0.717, 1.165) is 0 Å². The van der Waals surface area contributed by atoms with Crippen LogP contribution in [0, 0.1) is 11.7 Å². The van der Waals surface area contributed by atoms with Crippen molar-refractivity contribution in [2.45, 2.75) is 20.3 Å². The molecule has 1 amide bonds. The number of rotatable bonds is 6. The Balaban J connectivity index is 1.96. The van der Waals surface area contributed by atoms with Gasteiger partial charge in [0.25, 0.3) is 0 Å². The molecule has 0 saturated carbocycles. The lowest BCUT2D eigenvalue weighted by Crippen LogP contribution is -2.22. The van der Waals surface area contributed by atoms with E-state index in [1.807, 2.05) is 0 Å². The fraction of sp³-hybridized carbons (Fsp3) is 0.312. The molecule has 0 aliphatic heterocycles. The molecule has 122 valence electrons. The summed E-state index contributed by atoms with van der Waals surface area (Å²) in [4.78, 5) is 30.1. The van der Waals surface area contributed by atoms with Crippen LogP contribution < -0.4 is 5.32 Å². The first-order valence-corrected chi connectivity index (χ1v) is 7.27. The molecule has 0 spiro atoms. The topological polar surface area (TPSA) is 84.1 Å². The Bertz CT molecular complexity index is 699. The van der Waals surface area contributed by atoms with Crippen LogP contribution in [-0.4, -0.2) is 28.5 Å².